The molecule has 0 rings (SSSR count). The third-order valence-electron chi connectivity index (χ3n) is 1.59. The van der Waals surface area contributed by atoms with Crippen molar-refractivity contribution in [3.8, 4) is 0 Å². The fourth-order valence-electron chi connectivity index (χ4n) is 1.31. The first-order valence-corrected chi connectivity index (χ1v) is 4.91. The summed E-state index contributed by atoms with van der Waals surface area (Å²) >= 11 is 1.99. The molecular weight excluding hydrogens is 128 g/mol. The van der Waals surface area contributed by atoms with Crippen LogP contribution in [-0.4, -0.2) is 11.5 Å². The lowest BCUT2D eigenvalue weighted by Crippen LogP contribution is -2.17. The average molecular weight is 146 g/mol. The van der Waals surface area contributed by atoms with Gasteiger partial charge in [0, 0.05) is 5.25 Å². The van der Waals surface area contributed by atoms with E-state index in [2.05, 4.69) is 34.0 Å². The molecule has 0 saturated heterocycles. The van der Waals surface area contributed by atoms with Gasteiger partial charge in [-0.05, 0) is 18.1 Å². The van der Waals surface area contributed by atoms with Crippen LogP contribution in [0.15, 0.2) is 0 Å². The van der Waals surface area contributed by atoms with Crippen LogP contribution in [0.4, 0.5) is 0 Å². The predicted molar refractivity (Wildman–Crippen MR) is 47.0 cm³/mol. The van der Waals surface area contributed by atoms with Crippen molar-refractivity contribution in [2.24, 2.45) is 11.8 Å². The lowest BCUT2D eigenvalue weighted by atomic mass is 10.0. The first kappa shape index (κ1) is 9.35. The van der Waals surface area contributed by atoms with E-state index in [4.69, 9.17) is 0 Å². The van der Waals surface area contributed by atoms with E-state index in [0.717, 1.165) is 17.1 Å². The Morgan fingerprint density at radius 3 is 1.22 bits per heavy atom. The Balaban J connectivity index is 3.68. The molecule has 0 saturated carbocycles. The van der Waals surface area contributed by atoms with Crippen LogP contribution in [0.3, 0.4) is 0 Å². The fourth-order valence-corrected chi connectivity index (χ4v) is 2.40. The Hall–Kier alpha value is 0.350. The topological polar surface area (TPSA) is 0 Å². The van der Waals surface area contributed by atoms with Gasteiger partial charge in [0.2, 0.25) is 0 Å². The predicted octanol–water partition coefficient (Wildman–Crippen LogP) is 3.03. The minimum atomic E-state index is 0.819. The first-order chi connectivity index (χ1) is 4.09. The number of rotatable bonds is 3. The van der Waals surface area contributed by atoms with Crippen molar-refractivity contribution in [1.82, 2.24) is 0 Å². The summed E-state index contributed by atoms with van der Waals surface area (Å²) in [5.74, 6) is 1.64. The van der Waals surface area contributed by atoms with Crippen LogP contribution < -0.4 is 0 Å². The largest absolute Gasteiger partial charge is 0.161 e. The summed E-state index contributed by atoms with van der Waals surface area (Å²) in [5.41, 5.74) is 0. The van der Waals surface area contributed by atoms with Gasteiger partial charge in [-0.15, -0.1) is 0 Å². The van der Waals surface area contributed by atoms with Crippen molar-refractivity contribution >= 4 is 11.8 Å². The summed E-state index contributed by atoms with van der Waals surface area (Å²) in [4.78, 5) is 0. The second kappa shape index (κ2) is 4.21. The maximum atomic E-state index is 2.29. The van der Waals surface area contributed by atoms with Crippen LogP contribution >= 0.6 is 11.8 Å². The van der Waals surface area contributed by atoms with Gasteiger partial charge in [-0.25, -0.2) is 0 Å². The number of hydrogen-bond donors (Lipinski definition) is 0. The summed E-state index contributed by atoms with van der Waals surface area (Å²) in [6.07, 6.45) is 2.20. The van der Waals surface area contributed by atoms with Gasteiger partial charge in [-0.2, -0.15) is 11.8 Å². The van der Waals surface area contributed by atoms with Crippen molar-refractivity contribution in [2.75, 3.05) is 6.26 Å². The van der Waals surface area contributed by atoms with Crippen molar-refractivity contribution in [3.63, 3.8) is 0 Å². The molecular formula is C8H18S. The molecule has 0 spiro atoms. The van der Waals surface area contributed by atoms with E-state index < -0.39 is 0 Å². The average Bonchev–Trinajstić information content (AvgIpc) is 1.64. The van der Waals surface area contributed by atoms with Crippen molar-refractivity contribution in [3.05, 3.63) is 0 Å². The van der Waals surface area contributed by atoms with Gasteiger partial charge in [0.15, 0.2) is 0 Å². The molecule has 0 radical (unpaired) electrons. The molecule has 0 aliphatic rings. The standard InChI is InChI=1S/C8H18S/c1-6(2)8(9-5)7(3)4/h6-8H,1-5H3. The van der Waals surface area contributed by atoms with Gasteiger partial charge in [0.25, 0.3) is 0 Å². The Morgan fingerprint density at radius 2 is 1.22 bits per heavy atom. The highest BCUT2D eigenvalue weighted by atomic mass is 32.2. The second-order valence-corrected chi connectivity index (χ2v) is 4.20. The van der Waals surface area contributed by atoms with Gasteiger partial charge in [-0.1, -0.05) is 27.7 Å². The molecule has 0 aliphatic carbocycles. The maximum absolute atomic E-state index is 2.29. The Labute approximate surface area is 63.4 Å². The molecule has 0 nitrogen and oxygen atoms in total. The normalized spacial score (nSPS) is 12.0. The fraction of sp³-hybridized carbons (Fsp3) is 1.00. The quantitative estimate of drug-likeness (QED) is 0.590. The van der Waals surface area contributed by atoms with Crippen LogP contribution in [0.1, 0.15) is 27.7 Å². The third kappa shape index (κ3) is 3.14. The van der Waals surface area contributed by atoms with Crippen LogP contribution in [-0.2, 0) is 0 Å². The van der Waals surface area contributed by atoms with E-state index in [9.17, 15) is 0 Å². The maximum Gasteiger partial charge on any atom is 0.00902 e. The summed E-state index contributed by atoms with van der Waals surface area (Å²) in [6.45, 7) is 9.17. The SMILES string of the molecule is CSC(C(C)C)C(C)C. The van der Waals surface area contributed by atoms with Crippen molar-refractivity contribution in [1.29, 1.82) is 0 Å². The molecule has 1 heteroatoms. The molecule has 0 bridgehead atoms. The molecule has 0 amide bonds. The van der Waals surface area contributed by atoms with E-state index in [0.29, 0.717) is 0 Å². The zero-order valence-electron chi connectivity index (χ0n) is 7.14. The first-order valence-electron chi connectivity index (χ1n) is 3.62. The molecule has 0 atom stereocenters. The summed E-state index contributed by atoms with van der Waals surface area (Å²) in [7, 11) is 0. The minimum absolute atomic E-state index is 0.819. The van der Waals surface area contributed by atoms with Gasteiger partial charge in [-0.3, -0.25) is 0 Å². The van der Waals surface area contributed by atoms with Crippen LogP contribution in [0.5, 0.6) is 0 Å². The van der Waals surface area contributed by atoms with E-state index in [1.54, 1.807) is 0 Å². The lowest BCUT2D eigenvalue weighted by Gasteiger charge is -2.21. The summed E-state index contributed by atoms with van der Waals surface area (Å²) in [5, 5.41) is 0.838. The highest BCUT2D eigenvalue weighted by molar-refractivity contribution is 7.99. The number of thioether (sulfide) groups is 1. The van der Waals surface area contributed by atoms with Crippen molar-refractivity contribution < 1.29 is 0 Å². The highest BCUT2D eigenvalue weighted by Crippen LogP contribution is 2.23. The lowest BCUT2D eigenvalue weighted by molar-refractivity contribution is 0.488. The molecule has 0 aromatic heterocycles. The Bertz CT molecular complexity index is 59.0. The molecule has 0 aromatic rings. The monoisotopic (exact) mass is 146 g/mol. The Kier molecular flexibility index (Phi) is 4.37. The second-order valence-electron chi connectivity index (χ2n) is 3.19. The van der Waals surface area contributed by atoms with E-state index in [1.807, 2.05) is 11.8 Å². The van der Waals surface area contributed by atoms with E-state index in [1.165, 1.54) is 0 Å². The molecule has 0 aliphatic heterocycles. The number of hydrogen-bond acceptors (Lipinski definition) is 1. The molecule has 56 valence electrons. The van der Waals surface area contributed by atoms with E-state index in [-0.39, 0.29) is 0 Å². The molecule has 0 aromatic carbocycles. The van der Waals surface area contributed by atoms with Gasteiger partial charge in [0.05, 0.1) is 0 Å². The van der Waals surface area contributed by atoms with Crippen LogP contribution in [0, 0.1) is 11.8 Å². The zero-order valence-corrected chi connectivity index (χ0v) is 7.96. The van der Waals surface area contributed by atoms with Gasteiger partial charge in [0.1, 0.15) is 0 Å². The molecule has 0 N–H and O–H groups in total. The van der Waals surface area contributed by atoms with Gasteiger partial charge >= 0.3 is 0 Å². The molecule has 0 heterocycles. The summed E-state index contributed by atoms with van der Waals surface area (Å²) in [6, 6.07) is 0. The third-order valence-corrected chi connectivity index (χ3v) is 3.22. The summed E-state index contributed by atoms with van der Waals surface area (Å²) < 4.78 is 0. The van der Waals surface area contributed by atoms with E-state index >= 15 is 0 Å². The zero-order chi connectivity index (χ0) is 7.44. The highest BCUT2D eigenvalue weighted by Gasteiger charge is 2.14. The van der Waals surface area contributed by atoms with Crippen molar-refractivity contribution in [2.45, 2.75) is 32.9 Å². The minimum Gasteiger partial charge on any atom is -0.161 e. The van der Waals surface area contributed by atoms with Gasteiger partial charge < -0.3 is 0 Å². The molecule has 0 unspecified atom stereocenters. The molecule has 9 heavy (non-hydrogen) atoms. The van der Waals surface area contributed by atoms with Crippen LogP contribution in [0.25, 0.3) is 0 Å². The smallest absolute Gasteiger partial charge is 0.00902 e. The Morgan fingerprint density at radius 1 is 0.889 bits per heavy atom. The molecule has 0 fully saturated rings. The van der Waals surface area contributed by atoms with Crippen LogP contribution in [0.2, 0.25) is 0 Å².